The van der Waals surface area contributed by atoms with Crippen LogP contribution in [0, 0.1) is 5.41 Å². The summed E-state index contributed by atoms with van der Waals surface area (Å²) < 4.78 is 5.63. The van der Waals surface area contributed by atoms with Crippen molar-refractivity contribution >= 4 is 24.0 Å². The van der Waals surface area contributed by atoms with Crippen LogP contribution in [0.25, 0.3) is 0 Å². The molecule has 0 radical (unpaired) electrons. The second-order valence-corrected chi connectivity index (χ2v) is 8.19. The summed E-state index contributed by atoms with van der Waals surface area (Å²) >= 11 is 1.56. The maximum Gasteiger partial charge on any atom is 0.310 e. The largest absolute Gasteiger partial charge is 0.458 e. The summed E-state index contributed by atoms with van der Waals surface area (Å²) in [6.45, 7) is 9.81. The molecule has 1 aliphatic carbocycles. The molecule has 0 amide bonds. The normalized spacial score (nSPS) is 19.8. The number of hydrogen-bond donors (Lipinski definition) is 0. The Kier molecular flexibility index (Phi) is 7.04. The fourth-order valence-corrected chi connectivity index (χ4v) is 3.95. The van der Waals surface area contributed by atoms with Crippen LogP contribution in [0.4, 0.5) is 0 Å². The van der Waals surface area contributed by atoms with E-state index in [9.17, 15) is 9.59 Å². The van der Waals surface area contributed by atoms with Gasteiger partial charge in [-0.15, -0.1) is 0 Å². The Labute approximate surface area is 160 Å². The smallest absolute Gasteiger partial charge is 0.310 e. The average Bonchev–Trinajstić information content (AvgIpc) is 2.62. The molecule has 0 fully saturated rings. The van der Waals surface area contributed by atoms with Crippen molar-refractivity contribution in [1.82, 2.24) is 0 Å². The van der Waals surface area contributed by atoms with E-state index >= 15 is 0 Å². The van der Waals surface area contributed by atoms with Crippen LogP contribution >= 0.6 is 11.8 Å². The molecule has 0 aromatic heterocycles. The van der Waals surface area contributed by atoms with Crippen molar-refractivity contribution < 1.29 is 14.3 Å². The highest BCUT2D eigenvalue weighted by Crippen LogP contribution is 2.40. The fourth-order valence-electron chi connectivity index (χ4n) is 3.13. The van der Waals surface area contributed by atoms with E-state index in [1.165, 1.54) is 0 Å². The zero-order valence-corrected chi connectivity index (χ0v) is 16.5. The predicted molar refractivity (Wildman–Crippen MR) is 107 cm³/mol. The number of thioether (sulfide) groups is 1. The minimum Gasteiger partial charge on any atom is -0.458 e. The summed E-state index contributed by atoms with van der Waals surface area (Å²) in [5, 5.41) is 0. The highest BCUT2D eigenvalue weighted by atomic mass is 32.2. The van der Waals surface area contributed by atoms with Gasteiger partial charge < -0.3 is 4.74 Å². The standard InChI is InChI=1S/C22H26O3S/c1-5-17(26-18-9-7-6-8-10-18)11-12-21(24)25-20-13-14-22(3,4)19(15-23)16(20)2/h5-11,15,20H,1,12-14H2,2-4H3/b17-11-. The molecule has 1 aliphatic rings. The van der Waals surface area contributed by atoms with Crippen LogP contribution < -0.4 is 0 Å². The molecule has 0 bridgehead atoms. The number of carbonyl (C=O) groups excluding carboxylic acids is 2. The number of aldehydes is 1. The molecule has 1 aromatic carbocycles. The van der Waals surface area contributed by atoms with Crippen molar-refractivity contribution in [2.24, 2.45) is 5.41 Å². The van der Waals surface area contributed by atoms with Crippen molar-refractivity contribution in [3.05, 3.63) is 65.1 Å². The van der Waals surface area contributed by atoms with Crippen molar-refractivity contribution in [2.75, 3.05) is 0 Å². The molecule has 0 spiro atoms. The Balaban J connectivity index is 1.99. The van der Waals surface area contributed by atoms with E-state index in [4.69, 9.17) is 4.74 Å². The van der Waals surface area contributed by atoms with Gasteiger partial charge in [-0.2, -0.15) is 0 Å². The molecule has 0 N–H and O–H groups in total. The van der Waals surface area contributed by atoms with Crippen LogP contribution in [0.5, 0.6) is 0 Å². The first-order valence-electron chi connectivity index (χ1n) is 8.79. The summed E-state index contributed by atoms with van der Waals surface area (Å²) in [7, 11) is 0. The molecule has 1 aromatic rings. The third-order valence-corrected chi connectivity index (χ3v) is 5.79. The van der Waals surface area contributed by atoms with Gasteiger partial charge in [0.1, 0.15) is 12.4 Å². The topological polar surface area (TPSA) is 43.4 Å². The minimum atomic E-state index is -0.307. The second-order valence-electron chi connectivity index (χ2n) is 7.05. The number of carbonyl (C=O) groups is 2. The first-order chi connectivity index (χ1) is 12.4. The first kappa shape index (κ1) is 20.2. The number of benzene rings is 1. The third kappa shape index (κ3) is 5.21. The van der Waals surface area contributed by atoms with Gasteiger partial charge in [0.25, 0.3) is 0 Å². The third-order valence-electron chi connectivity index (χ3n) is 4.71. The maximum absolute atomic E-state index is 12.3. The first-order valence-corrected chi connectivity index (χ1v) is 9.60. The molecule has 0 heterocycles. The van der Waals surface area contributed by atoms with E-state index in [2.05, 4.69) is 20.4 Å². The highest BCUT2D eigenvalue weighted by molar-refractivity contribution is 8.03. The number of hydrogen-bond acceptors (Lipinski definition) is 4. The number of rotatable bonds is 7. The van der Waals surface area contributed by atoms with Crippen LogP contribution in [0.3, 0.4) is 0 Å². The van der Waals surface area contributed by atoms with Gasteiger partial charge in [0.15, 0.2) is 0 Å². The Morgan fingerprint density at radius 3 is 2.65 bits per heavy atom. The highest BCUT2D eigenvalue weighted by Gasteiger charge is 2.34. The Hall–Kier alpha value is -2.07. The molecule has 4 heteroatoms. The van der Waals surface area contributed by atoms with Crippen molar-refractivity contribution in [2.45, 2.75) is 51.0 Å². The van der Waals surface area contributed by atoms with Gasteiger partial charge in [-0.05, 0) is 42.9 Å². The maximum atomic E-state index is 12.3. The van der Waals surface area contributed by atoms with Crippen LogP contribution in [0.2, 0.25) is 0 Å². The second kappa shape index (κ2) is 9.04. The summed E-state index contributed by atoms with van der Waals surface area (Å²) in [4.78, 5) is 25.7. The predicted octanol–water partition coefficient (Wildman–Crippen LogP) is 5.49. The molecule has 138 valence electrons. The molecule has 1 atom stereocenters. The zero-order chi connectivity index (χ0) is 19.2. The zero-order valence-electron chi connectivity index (χ0n) is 15.7. The summed E-state index contributed by atoms with van der Waals surface area (Å²) in [6.07, 6.45) is 5.93. The SMILES string of the molecule is C=C/C(=C/CC(=O)OC1CCC(C)(C)C(C=O)=C1C)Sc1ccccc1. The summed E-state index contributed by atoms with van der Waals surface area (Å²) in [5.41, 5.74) is 1.47. The average molecular weight is 371 g/mol. The number of ether oxygens (including phenoxy) is 1. The molecular formula is C22H26O3S. The van der Waals surface area contributed by atoms with Gasteiger partial charge in [0.2, 0.25) is 0 Å². The van der Waals surface area contributed by atoms with E-state index in [0.717, 1.165) is 40.1 Å². The van der Waals surface area contributed by atoms with Crippen molar-refractivity contribution in [3.63, 3.8) is 0 Å². The van der Waals surface area contributed by atoms with Gasteiger partial charge in [-0.1, -0.05) is 62.5 Å². The molecular weight excluding hydrogens is 344 g/mol. The van der Waals surface area contributed by atoms with Crippen LogP contribution in [-0.2, 0) is 14.3 Å². The van der Waals surface area contributed by atoms with E-state index in [1.54, 1.807) is 17.8 Å². The lowest BCUT2D eigenvalue weighted by molar-refractivity contribution is -0.147. The monoisotopic (exact) mass is 370 g/mol. The van der Waals surface area contributed by atoms with Crippen LogP contribution in [-0.4, -0.2) is 18.4 Å². The van der Waals surface area contributed by atoms with Gasteiger partial charge in [-0.25, -0.2) is 0 Å². The minimum absolute atomic E-state index is 0.156. The molecule has 0 saturated carbocycles. The number of allylic oxidation sites excluding steroid dienone is 2. The molecule has 3 nitrogen and oxygen atoms in total. The quantitative estimate of drug-likeness (QED) is 0.276. The lowest BCUT2D eigenvalue weighted by atomic mass is 9.72. The Morgan fingerprint density at radius 2 is 2.04 bits per heavy atom. The molecule has 2 rings (SSSR count). The van der Waals surface area contributed by atoms with Gasteiger partial charge in [0.05, 0.1) is 6.42 Å². The Bertz CT molecular complexity index is 729. The lowest BCUT2D eigenvalue weighted by Gasteiger charge is -2.35. The van der Waals surface area contributed by atoms with Crippen molar-refractivity contribution in [1.29, 1.82) is 0 Å². The van der Waals surface area contributed by atoms with Crippen LogP contribution in [0.1, 0.15) is 40.0 Å². The lowest BCUT2D eigenvalue weighted by Crippen LogP contribution is -2.31. The fraction of sp³-hybridized carbons (Fsp3) is 0.364. The molecule has 0 aliphatic heterocycles. The van der Waals surface area contributed by atoms with E-state index in [-0.39, 0.29) is 23.9 Å². The van der Waals surface area contributed by atoms with Crippen molar-refractivity contribution in [3.8, 4) is 0 Å². The molecule has 1 unspecified atom stereocenters. The van der Waals surface area contributed by atoms with E-state index in [0.29, 0.717) is 0 Å². The summed E-state index contributed by atoms with van der Waals surface area (Å²) in [6, 6.07) is 9.94. The van der Waals surface area contributed by atoms with Crippen LogP contribution in [0.15, 0.2) is 70.0 Å². The van der Waals surface area contributed by atoms with E-state index in [1.807, 2.05) is 43.3 Å². The number of esters is 1. The molecule has 26 heavy (non-hydrogen) atoms. The van der Waals surface area contributed by atoms with Gasteiger partial charge in [0, 0.05) is 15.4 Å². The van der Waals surface area contributed by atoms with Gasteiger partial charge in [-0.3, -0.25) is 9.59 Å². The van der Waals surface area contributed by atoms with E-state index < -0.39 is 0 Å². The van der Waals surface area contributed by atoms with Gasteiger partial charge >= 0.3 is 5.97 Å². The summed E-state index contributed by atoms with van der Waals surface area (Å²) in [5.74, 6) is -0.285. The molecule has 0 saturated heterocycles. The Morgan fingerprint density at radius 1 is 1.35 bits per heavy atom.